The van der Waals surface area contributed by atoms with Crippen molar-refractivity contribution >= 4 is 23.9 Å². The molecule has 10 heteroatoms. The maximum atomic E-state index is 14.7. The molecule has 0 N–H and O–H groups in total. The van der Waals surface area contributed by atoms with E-state index in [1.165, 1.54) is 11.0 Å². The van der Waals surface area contributed by atoms with Crippen molar-refractivity contribution < 1.29 is 33.0 Å². The molecular weight excluding hydrogens is 517 g/mol. The van der Waals surface area contributed by atoms with Gasteiger partial charge in [0.05, 0.1) is 25.3 Å². The lowest BCUT2D eigenvalue weighted by Gasteiger charge is -2.35. The number of carbonyl (C=O) groups is 4. The number of rotatable bonds is 7. The van der Waals surface area contributed by atoms with E-state index in [1.807, 2.05) is 0 Å². The molecule has 0 radical (unpaired) electrons. The van der Waals surface area contributed by atoms with Gasteiger partial charge in [-0.15, -0.1) is 0 Å². The third-order valence-electron chi connectivity index (χ3n) is 7.23. The molecule has 1 unspecified atom stereocenters. The van der Waals surface area contributed by atoms with Gasteiger partial charge < -0.3 is 24.2 Å². The fourth-order valence-corrected chi connectivity index (χ4v) is 5.12. The Labute approximate surface area is 233 Å². The number of nitrogens with zero attached hydrogens (tertiary/aromatic N) is 3. The monoisotopic (exact) mass is 551 g/mol. The quantitative estimate of drug-likeness (QED) is 0.481. The van der Waals surface area contributed by atoms with Crippen LogP contribution in [0, 0.1) is 5.82 Å². The van der Waals surface area contributed by atoms with E-state index in [4.69, 9.17) is 9.47 Å². The number of halogens is 1. The highest BCUT2D eigenvalue weighted by Gasteiger charge is 2.38. The van der Waals surface area contributed by atoms with Crippen molar-refractivity contribution in [3.8, 4) is 0 Å². The summed E-state index contributed by atoms with van der Waals surface area (Å²) in [5, 5.41) is 0. The zero-order valence-electron chi connectivity index (χ0n) is 23.0. The van der Waals surface area contributed by atoms with E-state index in [2.05, 4.69) is 0 Å². The van der Waals surface area contributed by atoms with Gasteiger partial charge in [-0.1, -0.05) is 30.3 Å². The molecular formula is C30H34FN3O6. The summed E-state index contributed by atoms with van der Waals surface area (Å²) in [4.78, 5) is 55.9. The number of hydrogen-bond donors (Lipinski definition) is 0. The van der Waals surface area contributed by atoms with E-state index in [0.717, 1.165) is 5.56 Å². The molecule has 212 valence electrons. The zero-order valence-corrected chi connectivity index (χ0v) is 23.0. The van der Waals surface area contributed by atoms with Gasteiger partial charge in [0.25, 0.3) is 5.91 Å². The number of ether oxygens (including phenoxy) is 2. The average Bonchev–Trinajstić information content (AvgIpc) is 2.95. The molecule has 2 aromatic carbocycles. The third kappa shape index (κ3) is 6.16. The van der Waals surface area contributed by atoms with Crippen LogP contribution in [-0.4, -0.2) is 78.0 Å². The fraction of sp³-hybridized carbons (Fsp3) is 0.400. The molecule has 2 aromatic rings. The first-order chi connectivity index (χ1) is 19.2. The van der Waals surface area contributed by atoms with Gasteiger partial charge in [-0.25, -0.2) is 14.0 Å². The number of piperazine rings is 1. The summed E-state index contributed by atoms with van der Waals surface area (Å²) >= 11 is 0. The molecule has 0 saturated carbocycles. The molecule has 2 heterocycles. The Bertz CT molecular complexity index is 1300. The Kier molecular flexibility index (Phi) is 9.19. The minimum Gasteiger partial charge on any atom is -0.463 e. The van der Waals surface area contributed by atoms with Crippen LogP contribution < -0.4 is 0 Å². The lowest BCUT2D eigenvalue weighted by Crippen LogP contribution is -2.50. The van der Waals surface area contributed by atoms with Gasteiger partial charge in [0, 0.05) is 49.8 Å². The summed E-state index contributed by atoms with van der Waals surface area (Å²) in [6, 6.07) is 13.1. The normalized spacial score (nSPS) is 17.6. The van der Waals surface area contributed by atoms with Crippen molar-refractivity contribution in [2.45, 2.75) is 39.7 Å². The lowest BCUT2D eigenvalue weighted by molar-refractivity contribution is -0.140. The standard InChI is InChI=1S/C30H34FN3O6/c1-4-39-29(37)27-20(3)34(26(35)18-24(27)23-8-6-7-9-25(23)31)19-21-10-12-22(13-11-21)28(36)32-14-16-33(17-15-32)30(38)40-5-2/h6-13,24H,4-5,14-19H2,1-3H3. The number of benzene rings is 2. The highest BCUT2D eigenvalue weighted by atomic mass is 19.1. The van der Waals surface area contributed by atoms with E-state index in [-0.39, 0.29) is 48.6 Å². The minimum absolute atomic E-state index is 0.0687. The SMILES string of the molecule is CCOC(=O)C1=C(C)N(Cc2ccc(C(=O)N3CCN(C(=O)OCC)CC3)cc2)C(=O)CC1c1ccccc1F. The maximum absolute atomic E-state index is 14.7. The van der Waals surface area contributed by atoms with Gasteiger partial charge in [0.2, 0.25) is 5.91 Å². The molecule has 0 spiro atoms. The molecule has 40 heavy (non-hydrogen) atoms. The smallest absolute Gasteiger partial charge is 0.409 e. The molecule has 0 aromatic heterocycles. The highest BCUT2D eigenvalue weighted by Crippen LogP contribution is 2.38. The van der Waals surface area contributed by atoms with Crippen LogP contribution in [0.25, 0.3) is 0 Å². The molecule has 9 nitrogen and oxygen atoms in total. The van der Waals surface area contributed by atoms with Gasteiger partial charge in [-0.05, 0) is 50.1 Å². The molecule has 1 atom stereocenters. The van der Waals surface area contributed by atoms with Crippen molar-refractivity contribution in [3.63, 3.8) is 0 Å². The number of amides is 3. The number of esters is 1. The molecule has 4 rings (SSSR count). The van der Waals surface area contributed by atoms with Crippen LogP contribution in [0.5, 0.6) is 0 Å². The van der Waals surface area contributed by atoms with Crippen molar-refractivity contribution in [3.05, 3.63) is 82.3 Å². The van der Waals surface area contributed by atoms with Crippen LogP contribution in [0.4, 0.5) is 9.18 Å². The predicted octanol–water partition coefficient (Wildman–Crippen LogP) is 4.09. The Morgan fingerprint density at radius 2 is 1.52 bits per heavy atom. The van der Waals surface area contributed by atoms with Crippen LogP contribution in [0.2, 0.25) is 0 Å². The van der Waals surface area contributed by atoms with Gasteiger partial charge in [-0.2, -0.15) is 0 Å². The van der Waals surface area contributed by atoms with E-state index < -0.39 is 17.7 Å². The minimum atomic E-state index is -0.742. The Morgan fingerprint density at radius 3 is 2.15 bits per heavy atom. The molecule has 0 aliphatic carbocycles. The highest BCUT2D eigenvalue weighted by molar-refractivity contribution is 5.96. The summed E-state index contributed by atoms with van der Waals surface area (Å²) in [6.07, 6.45) is -0.442. The summed E-state index contributed by atoms with van der Waals surface area (Å²) in [5.74, 6) is -2.18. The second kappa shape index (κ2) is 12.8. The van der Waals surface area contributed by atoms with Gasteiger partial charge in [0.15, 0.2) is 0 Å². The van der Waals surface area contributed by atoms with E-state index in [0.29, 0.717) is 44.0 Å². The summed E-state index contributed by atoms with van der Waals surface area (Å²) in [7, 11) is 0. The van der Waals surface area contributed by atoms with Crippen molar-refractivity contribution in [1.29, 1.82) is 0 Å². The largest absolute Gasteiger partial charge is 0.463 e. The Morgan fingerprint density at radius 1 is 0.900 bits per heavy atom. The summed E-state index contributed by atoms with van der Waals surface area (Å²) in [5.41, 5.74) is 2.23. The number of allylic oxidation sites excluding steroid dienone is 1. The first-order valence-electron chi connectivity index (χ1n) is 13.5. The summed E-state index contributed by atoms with van der Waals surface area (Å²) < 4.78 is 25.0. The van der Waals surface area contributed by atoms with E-state index in [9.17, 15) is 23.6 Å². The second-order valence-electron chi connectivity index (χ2n) is 9.65. The average molecular weight is 552 g/mol. The van der Waals surface area contributed by atoms with Crippen LogP contribution in [-0.2, 0) is 25.6 Å². The van der Waals surface area contributed by atoms with E-state index in [1.54, 1.807) is 73.0 Å². The van der Waals surface area contributed by atoms with Crippen molar-refractivity contribution in [2.24, 2.45) is 0 Å². The third-order valence-corrected chi connectivity index (χ3v) is 7.23. The first kappa shape index (κ1) is 28.8. The molecule has 0 bridgehead atoms. The van der Waals surface area contributed by atoms with Crippen molar-refractivity contribution in [2.75, 3.05) is 39.4 Å². The molecule has 3 amide bonds. The number of hydrogen-bond acceptors (Lipinski definition) is 6. The molecule has 1 saturated heterocycles. The zero-order chi connectivity index (χ0) is 28.8. The molecule has 2 aliphatic heterocycles. The van der Waals surface area contributed by atoms with Crippen molar-refractivity contribution in [1.82, 2.24) is 14.7 Å². The van der Waals surface area contributed by atoms with Crippen LogP contribution >= 0.6 is 0 Å². The fourth-order valence-electron chi connectivity index (χ4n) is 5.12. The predicted molar refractivity (Wildman–Crippen MR) is 145 cm³/mol. The number of carbonyl (C=O) groups excluding carboxylic acids is 4. The Balaban J connectivity index is 1.49. The van der Waals surface area contributed by atoms with Gasteiger partial charge in [-0.3, -0.25) is 9.59 Å². The van der Waals surface area contributed by atoms with Crippen LogP contribution in [0.3, 0.4) is 0 Å². The summed E-state index contributed by atoms with van der Waals surface area (Å²) in [6.45, 7) is 7.39. The maximum Gasteiger partial charge on any atom is 0.409 e. The van der Waals surface area contributed by atoms with Gasteiger partial charge in [0.1, 0.15) is 5.82 Å². The molecule has 2 aliphatic rings. The topological polar surface area (TPSA) is 96.5 Å². The Hall–Kier alpha value is -4.21. The lowest BCUT2D eigenvalue weighted by atomic mass is 9.83. The van der Waals surface area contributed by atoms with E-state index >= 15 is 0 Å². The van der Waals surface area contributed by atoms with Crippen LogP contribution in [0.15, 0.2) is 59.8 Å². The van der Waals surface area contributed by atoms with Crippen LogP contribution in [0.1, 0.15) is 54.6 Å². The molecule has 1 fully saturated rings. The van der Waals surface area contributed by atoms with Gasteiger partial charge >= 0.3 is 12.1 Å². The second-order valence-corrected chi connectivity index (χ2v) is 9.65. The first-order valence-corrected chi connectivity index (χ1v) is 13.5.